The second-order valence-electron chi connectivity index (χ2n) is 4.52. The van der Waals surface area contributed by atoms with E-state index in [2.05, 4.69) is 42.5 Å². The van der Waals surface area contributed by atoms with Gasteiger partial charge in [0.25, 0.3) is 0 Å². The Bertz CT molecular complexity index is 484. The Morgan fingerprint density at radius 3 is 2.75 bits per heavy atom. The quantitative estimate of drug-likeness (QED) is 0.739. The van der Waals surface area contributed by atoms with E-state index in [1.807, 2.05) is 0 Å². The maximum Gasteiger partial charge on any atom is 0.0616 e. The van der Waals surface area contributed by atoms with E-state index in [1.165, 1.54) is 29.2 Å². The van der Waals surface area contributed by atoms with E-state index in [-0.39, 0.29) is 0 Å². The van der Waals surface area contributed by atoms with E-state index < -0.39 is 0 Å². The maximum atomic E-state index is 5.67. The van der Waals surface area contributed by atoms with Crippen LogP contribution in [0.3, 0.4) is 0 Å². The molecule has 2 aromatic rings. The molecular weight excluding hydrogens is 196 g/mol. The minimum atomic E-state index is 0.446. The van der Waals surface area contributed by atoms with Crippen LogP contribution in [0.1, 0.15) is 18.4 Å². The largest absolute Gasteiger partial charge is 0.378 e. The van der Waals surface area contributed by atoms with Gasteiger partial charge >= 0.3 is 0 Å². The molecule has 1 aliphatic rings. The molecule has 0 amide bonds. The summed E-state index contributed by atoms with van der Waals surface area (Å²) in [5.74, 6) is 0. The lowest BCUT2D eigenvalue weighted by Gasteiger charge is -2.09. The molecule has 0 spiro atoms. The van der Waals surface area contributed by atoms with Crippen LogP contribution in [0.2, 0.25) is 0 Å². The van der Waals surface area contributed by atoms with E-state index in [1.54, 1.807) is 0 Å². The van der Waals surface area contributed by atoms with Crippen molar-refractivity contribution in [1.82, 2.24) is 0 Å². The molecule has 0 aliphatic carbocycles. The number of ether oxygens (including phenoxy) is 1. The molecule has 0 N–H and O–H groups in total. The third kappa shape index (κ3) is 1.96. The van der Waals surface area contributed by atoms with Gasteiger partial charge in [-0.2, -0.15) is 0 Å². The highest BCUT2D eigenvalue weighted by atomic mass is 16.5. The smallest absolute Gasteiger partial charge is 0.0616 e. The van der Waals surface area contributed by atoms with Gasteiger partial charge in [-0.05, 0) is 35.6 Å². The molecule has 1 aliphatic heterocycles. The van der Waals surface area contributed by atoms with Crippen molar-refractivity contribution in [1.29, 1.82) is 0 Å². The molecule has 3 rings (SSSR count). The van der Waals surface area contributed by atoms with Gasteiger partial charge in [0.05, 0.1) is 6.10 Å². The van der Waals surface area contributed by atoms with Gasteiger partial charge in [0.15, 0.2) is 0 Å². The topological polar surface area (TPSA) is 9.23 Å². The van der Waals surface area contributed by atoms with Crippen LogP contribution in [0, 0.1) is 0 Å². The number of benzene rings is 2. The standard InChI is InChI=1S/C15H16O/c1-2-5-14-10-12(7-8-13(14)4-1)11-15-6-3-9-16-15/h1-2,4-5,7-8,10,15H,3,6,9,11H2. The van der Waals surface area contributed by atoms with Crippen molar-refractivity contribution in [2.75, 3.05) is 6.61 Å². The van der Waals surface area contributed by atoms with Crippen LogP contribution in [-0.2, 0) is 11.2 Å². The van der Waals surface area contributed by atoms with Crippen LogP contribution in [0.15, 0.2) is 42.5 Å². The Kier molecular flexibility index (Phi) is 2.63. The number of rotatable bonds is 2. The zero-order chi connectivity index (χ0) is 10.8. The van der Waals surface area contributed by atoms with Crippen molar-refractivity contribution >= 4 is 10.8 Å². The lowest BCUT2D eigenvalue weighted by Crippen LogP contribution is -2.08. The molecule has 1 fully saturated rings. The summed E-state index contributed by atoms with van der Waals surface area (Å²) in [7, 11) is 0. The maximum absolute atomic E-state index is 5.67. The summed E-state index contributed by atoms with van der Waals surface area (Å²) in [6.07, 6.45) is 3.94. The molecule has 1 nitrogen and oxygen atoms in total. The Labute approximate surface area is 96.0 Å². The van der Waals surface area contributed by atoms with Crippen molar-refractivity contribution in [3.8, 4) is 0 Å². The van der Waals surface area contributed by atoms with Crippen molar-refractivity contribution in [3.05, 3.63) is 48.0 Å². The fourth-order valence-corrected chi connectivity index (χ4v) is 2.43. The fourth-order valence-electron chi connectivity index (χ4n) is 2.43. The van der Waals surface area contributed by atoms with E-state index in [9.17, 15) is 0 Å². The minimum absolute atomic E-state index is 0.446. The predicted octanol–water partition coefficient (Wildman–Crippen LogP) is 3.56. The zero-order valence-electron chi connectivity index (χ0n) is 9.36. The normalized spacial score (nSPS) is 20.4. The monoisotopic (exact) mass is 212 g/mol. The van der Waals surface area contributed by atoms with E-state index >= 15 is 0 Å². The molecule has 0 radical (unpaired) electrons. The molecule has 1 unspecified atom stereocenters. The average Bonchev–Trinajstić information content (AvgIpc) is 2.82. The van der Waals surface area contributed by atoms with Crippen molar-refractivity contribution in [2.45, 2.75) is 25.4 Å². The lowest BCUT2D eigenvalue weighted by atomic mass is 10.0. The van der Waals surface area contributed by atoms with Gasteiger partial charge in [0, 0.05) is 6.61 Å². The van der Waals surface area contributed by atoms with Crippen LogP contribution < -0.4 is 0 Å². The van der Waals surface area contributed by atoms with Crippen LogP contribution in [0.5, 0.6) is 0 Å². The molecular formula is C15H16O. The third-order valence-corrected chi connectivity index (χ3v) is 3.30. The van der Waals surface area contributed by atoms with E-state index in [0.717, 1.165) is 13.0 Å². The molecule has 82 valence electrons. The highest BCUT2D eigenvalue weighted by Gasteiger charge is 2.15. The first kappa shape index (κ1) is 9.86. The highest BCUT2D eigenvalue weighted by Crippen LogP contribution is 2.20. The molecule has 16 heavy (non-hydrogen) atoms. The minimum Gasteiger partial charge on any atom is -0.378 e. The zero-order valence-corrected chi connectivity index (χ0v) is 9.36. The van der Waals surface area contributed by atoms with Crippen molar-refractivity contribution in [2.24, 2.45) is 0 Å². The second kappa shape index (κ2) is 4.26. The van der Waals surface area contributed by atoms with Gasteiger partial charge < -0.3 is 4.74 Å². The molecule has 1 heteroatoms. The fraction of sp³-hybridized carbons (Fsp3) is 0.333. The van der Waals surface area contributed by atoms with Gasteiger partial charge in [-0.15, -0.1) is 0 Å². The van der Waals surface area contributed by atoms with Gasteiger partial charge in [-0.25, -0.2) is 0 Å². The van der Waals surface area contributed by atoms with Crippen LogP contribution in [0.4, 0.5) is 0 Å². The summed E-state index contributed by atoms with van der Waals surface area (Å²) in [4.78, 5) is 0. The third-order valence-electron chi connectivity index (χ3n) is 3.30. The molecule has 1 heterocycles. The van der Waals surface area contributed by atoms with Crippen molar-refractivity contribution < 1.29 is 4.74 Å². The Morgan fingerprint density at radius 2 is 1.94 bits per heavy atom. The SMILES string of the molecule is c1ccc2cc(CC3CCCO3)ccc2c1. The lowest BCUT2D eigenvalue weighted by molar-refractivity contribution is 0.111. The Balaban J connectivity index is 1.86. The number of hydrogen-bond acceptors (Lipinski definition) is 1. The van der Waals surface area contributed by atoms with Gasteiger partial charge in [0.2, 0.25) is 0 Å². The predicted molar refractivity (Wildman–Crippen MR) is 66.6 cm³/mol. The second-order valence-corrected chi connectivity index (χ2v) is 4.52. The first-order valence-corrected chi connectivity index (χ1v) is 6.01. The van der Waals surface area contributed by atoms with Crippen LogP contribution in [0.25, 0.3) is 10.8 Å². The summed E-state index contributed by atoms with van der Waals surface area (Å²) in [5, 5.41) is 2.65. The molecule has 0 bridgehead atoms. The Morgan fingerprint density at radius 1 is 1.06 bits per heavy atom. The summed E-state index contributed by atoms with van der Waals surface area (Å²) >= 11 is 0. The van der Waals surface area contributed by atoms with Crippen LogP contribution >= 0.6 is 0 Å². The average molecular weight is 212 g/mol. The summed E-state index contributed by atoms with van der Waals surface area (Å²) in [6.45, 7) is 0.943. The first-order valence-electron chi connectivity index (χ1n) is 6.01. The van der Waals surface area contributed by atoms with Crippen molar-refractivity contribution in [3.63, 3.8) is 0 Å². The molecule has 1 saturated heterocycles. The van der Waals surface area contributed by atoms with Gasteiger partial charge in [-0.1, -0.05) is 42.5 Å². The Hall–Kier alpha value is -1.34. The van der Waals surface area contributed by atoms with Gasteiger partial charge in [-0.3, -0.25) is 0 Å². The van der Waals surface area contributed by atoms with Crippen LogP contribution in [-0.4, -0.2) is 12.7 Å². The van der Waals surface area contributed by atoms with Gasteiger partial charge in [0.1, 0.15) is 0 Å². The number of fused-ring (bicyclic) bond motifs is 1. The highest BCUT2D eigenvalue weighted by molar-refractivity contribution is 5.82. The molecule has 1 atom stereocenters. The first-order chi connectivity index (χ1) is 7.92. The summed E-state index contributed by atoms with van der Waals surface area (Å²) in [6, 6.07) is 15.2. The summed E-state index contributed by atoms with van der Waals surface area (Å²) in [5.41, 5.74) is 1.39. The molecule has 0 aromatic heterocycles. The van der Waals surface area contributed by atoms with E-state index in [0.29, 0.717) is 6.10 Å². The van der Waals surface area contributed by atoms with E-state index in [4.69, 9.17) is 4.74 Å². The number of hydrogen-bond donors (Lipinski definition) is 0. The summed E-state index contributed by atoms with van der Waals surface area (Å²) < 4.78 is 5.67. The molecule has 2 aromatic carbocycles. The molecule has 0 saturated carbocycles.